The van der Waals surface area contributed by atoms with Crippen LogP contribution in [0, 0.1) is 5.92 Å². The number of carbonyl (C=O) groups is 1. The summed E-state index contributed by atoms with van der Waals surface area (Å²) >= 11 is 0. The maximum absolute atomic E-state index is 11.2. The van der Waals surface area contributed by atoms with Gasteiger partial charge in [0.1, 0.15) is 0 Å². The van der Waals surface area contributed by atoms with Gasteiger partial charge in [0.05, 0.1) is 18.8 Å². The Morgan fingerprint density at radius 2 is 2.00 bits per heavy atom. The number of aliphatic hydroxyl groups is 1. The molecular weight excluding hydrogens is 204 g/mol. The molecule has 0 saturated heterocycles. The van der Waals surface area contributed by atoms with Crippen molar-refractivity contribution >= 4 is 5.97 Å². The molecule has 2 atom stereocenters. The van der Waals surface area contributed by atoms with Crippen LogP contribution in [0.2, 0.25) is 0 Å². The van der Waals surface area contributed by atoms with Gasteiger partial charge in [0, 0.05) is 5.92 Å². The molecule has 0 bridgehead atoms. The van der Waals surface area contributed by atoms with E-state index in [2.05, 4.69) is 11.3 Å². The molecule has 0 spiro atoms. The van der Waals surface area contributed by atoms with E-state index in [4.69, 9.17) is 0 Å². The molecule has 3 heteroatoms. The minimum absolute atomic E-state index is 0.0241. The molecule has 1 N–H and O–H groups in total. The Morgan fingerprint density at radius 3 is 2.44 bits per heavy atom. The Kier molecular flexibility index (Phi) is 4.26. The average molecular weight is 220 g/mol. The molecule has 0 heterocycles. The zero-order valence-electron chi connectivity index (χ0n) is 9.51. The maximum atomic E-state index is 11.2. The molecule has 1 rings (SSSR count). The SMILES string of the molecule is C=C[C@@H](C)[C@@H](O)c1ccc(C(=O)OC)cc1. The van der Waals surface area contributed by atoms with E-state index in [0.717, 1.165) is 5.56 Å². The fourth-order valence-electron chi connectivity index (χ4n) is 1.37. The molecule has 1 aromatic rings. The predicted octanol–water partition coefficient (Wildman–Crippen LogP) is 2.33. The van der Waals surface area contributed by atoms with E-state index < -0.39 is 6.10 Å². The number of esters is 1. The molecule has 0 saturated carbocycles. The van der Waals surface area contributed by atoms with Crippen LogP contribution in [0.25, 0.3) is 0 Å². The first-order valence-corrected chi connectivity index (χ1v) is 5.09. The first-order chi connectivity index (χ1) is 7.60. The average Bonchev–Trinajstić information content (AvgIpc) is 2.36. The smallest absolute Gasteiger partial charge is 0.337 e. The van der Waals surface area contributed by atoms with E-state index >= 15 is 0 Å². The van der Waals surface area contributed by atoms with Crippen LogP contribution in [0.5, 0.6) is 0 Å². The molecule has 0 aliphatic rings. The first kappa shape index (κ1) is 12.5. The van der Waals surface area contributed by atoms with Gasteiger partial charge >= 0.3 is 5.97 Å². The van der Waals surface area contributed by atoms with Crippen LogP contribution in [0.3, 0.4) is 0 Å². The van der Waals surface area contributed by atoms with Crippen molar-refractivity contribution in [2.24, 2.45) is 5.92 Å². The summed E-state index contributed by atoms with van der Waals surface area (Å²) in [6, 6.07) is 6.72. The second kappa shape index (κ2) is 5.47. The molecule has 0 unspecified atom stereocenters. The summed E-state index contributed by atoms with van der Waals surface area (Å²) in [6.07, 6.45) is 1.10. The fraction of sp³-hybridized carbons (Fsp3) is 0.308. The van der Waals surface area contributed by atoms with E-state index in [-0.39, 0.29) is 11.9 Å². The third-order valence-electron chi connectivity index (χ3n) is 2.54. The summed E-state index contributed by atoms with van der Waals surface area (Å²) in [5.74, 6) is -0.401. The summed E-state index contributed by atoms with van der Waals surface area (Å²) in [7, 11) is 1.34. The Morgan fingerprint density at radius 1 is 1.44 bits per heavy atom. The van der Waals surface area contributed by atoms with Crippen LogP contribution in [-0.4, -0.2) is 18.2 Å². The summed E-state index contributed by atoms with van der Waals surface area (Å²) in [5.41, 5.74) is 1.24. The number of methoxy groups -OCH3 is 1. The number of ether oxygens (including phenoxy) is 1. The minimum atomic E-state index is -0.593. The molecule has 0 fully saturated rings. The fourth-order valence-corrected chi connectivity index (χ4v) is 1.37. The van der Waals surface area contributed by atoms with Crippen molar-refractivity contribution in [1.82, 2.24) is 0 Å². The molecule has 0 aromatic heterocycles. The van der Waals surface area contributed by atoms with Crippen LogP contribution in [-0.2, 0) is 4.74 Å². The quantitative estimate of drug-likeness (QED) is 0.625. The zero-order valence-corrected chi connectivity index (χ0v) is 9.51. The van der Waals surface area contributed by atoms with Crippen molar-refractivity contribution in [3.63, 3.8) is 0 Å². The van der Waals surface area contributed by atoms with Gasteiger partial charge in [-0.05, 0) is 17.7 Å². The van der Waals surface area contributed by atoms with Crippen LogP contribution >= 0.6 is 0 Å². The summed E-state index contributed by atoms with van der Waals surface area (Å²) < 4.78 is 4.59. The van der Waals surface area contributed by atoms with Gasteiger partial charge in [-0.15, -0.1) is 6.58 Å². The highest BCUT2D eigenvalue weighted by Gasteiger charge is 2.14. The highest BCUT2D eigenvalue weighted by atomic mass is 16.5. The molecule has 3 nitrogen and oxygen atoms in total. The summed E-state index contributed by atoms with van der Waals surface area (Å²) in [6.45, 7) is 5.51. The third kappa shape index (κ3) is 2.70. The summed E-state index contributed by atoms with van der Waals surface area (Å²) in [4.78, 5) is 11.2. The van der Waals surface area contributed by atoms with Gasteiger partial charge in [0.25, 0.3) is 0 Å². The lowest BCUT2D eigenvalue weighted by Crippen LogP contribution is -2.07. The molecule has 86 valence electrons. The van der Waals surface area contributed by atoms with Crippen molar-refractivity contribution in [2.75, 3.05) is 7.11 Å². The van der Waals surface area contributed by atoms with Gasteiger partial charge < -0.3 is 9.84 Å². The van der Waals surface area contributed by atoms with E-state index in [0.29, 0.717) is 5.56 Å². The lowest BCUT2D eigenvalue weighted by atomic mass is 9.97. The van der Waals surface area contributed by atoms with Gasteiger partial charge in [0.2, 0.25) is 0 Å². The molecular formula is C13H16O3. The van der Waals surface area contributed by atoms with Crippen LogP contribution < -0.4 is 0 Å². The van der Waals surface area contributed by atoms with Crippen molar-refractivity contribution in [3.8, 4) is 0 Å². The number of hydrogen-bond acceptors (Lipinski definition) is 3. The molecule has 0 amide bonds. The van der Waals surface area contributed by atoms with E-state index in [9.17, 15) is 9.90 Å². The number of benzene rings is 1. The van der Waals surface area contributed by atoms with Gasteiger partial charge in [-0.1, -0.05) is 25.1 Å². The number of aliphatic hydroxyl groups excluding tert-OH is 1. The highest BCUT2D eigenvalue weighted by Crippen LogP contribution is 2.22. The van der Waals surface area contributed by atoms with Gasteiger partial charge in [-0.3, -0.25) is 0 Å². The van der Waals surface area contributed by atoms with E-state index in [1.54, 1.807) is 30.3 Å². The number of carbonyl (C=O) groups excluding carboxylic acids is 1. The predicted molar refractivity (Wildman–Crippen MR) is 62.1 cm³/mol. The Labute approximate surface area is 95.4 Å². The van der Waals surface area contributed by atoms with Crippen molar-refractivity contribution in [2.45, 2.75) is 13.0 Å². The van der Waals surface area contributed by atoms with E-state index in [1.165, 1.54) is 7.11 Å². The van der Waals surface area contributed by atoms with Crippen molar-refractivity contribution in [3.05, 3.63) is 48.0 Å². The maximum Gasteiger partial charge on any atom is 0.337 e. The topological polar surface area (TPSA) is 46.5 Å². The molecule has 0 radical (unpaired) electrons. The Balaban J connectivity index is 2.86. The first-order valence-electron chi connectivity index (χ1n) is 5.09. The zero-order chi connectivity index (χ0) is 12.1. The lowest BCUT2D eigenvalue weighted by molar-refractivity contribution is 0.0600. The standard InChI is InChI=1S/C13H16O3/c1-4-9(2)12(14)10-5-7-11(8-6-10)13(15)16-3/h4-9,12,14H,1H2,2-3H3/t9-,12-/m1/s1. The molecule has 0 aliphatic heterocycles. The third-order valence-corrected chi connectivity index (χ3v) is 2.54. The van der Waals surface area contributed by atoms with Gasteiger partial charge in [0.15, 0.2) is 0 Å². The lowest BCUT2D eigenvalue weighted by Gasteiger charge is -2.15. The molecule has 16 heavy (non-hydrogen) atoms. The minimum Gasteiger partial charge on any atom is -0.465 e. The largest absolute Gasteiger partial charge is 0.465 e. The second-order valence-electron chi connectivity index (χ2n) is 3.65. The van der Waals surface area contributed by atoms with Crippen molar-refractivity contribution < 1.29 is 14.6 Å². The normalized spacial score (nSPS) is 13.9. The van der Waals surface area contributed by atoms with Gasteiger partial charge in [-0.25, -0.2) is 4.79 Å². The van der Waals surface area contributed by atoms with Gasteiger partial charge in [-0.2, -0.15) is 0 Å². The Bertz CT molecular complexity index is 367. The van der Waals surface area contributed by atoms with Crippen LogP contribution in [0.15, 0.2) is 36.9 Å². The number of rotatable bonds is 4. The highest BCUT2D eigenvalue weighted by molar-refractivity contribution is 5.89. The van der Waals surface area contributed by atoms with Crippen molar-refractivity contribution in [1.29, 1.82) is 0 Å². The molecule has 0 aliphatic carbocycles. The van der Waals surface area contributed by atoms with E-state index in [1.807, 2.05) is 6.92 Å². The summed E-state index contributed by atoms with van der Waals surface area (Å²) in [5, 5.41) is 9.89. The number of hydrogen-bond donors (Lipinski definition) is 1. The molecule has 1 aromatic carbocycles. The Hall–Kier alpha value is -1.61. The monoisotopic (exact) mass is 220 g/mol. The second-order valence-corrected chi connectivity index (χ2v) is 3.65. The van der Waals surface area contributed by atoms with Crippen LogP contribution in [0.4, 0.5) is 0 Å². The van der Waals surface area contributed by atoms with Crippen LogP contribution in [0.1, 0.15) is 28.9 Å².